The summed E-state index contributed by atoms with van der Waals surface area (Å²) < 4.78 is 36.9. The smallest absolute Gasteiger partial charge is 0.400 e. The Morgan fingerprint density at radius 2 is 1.68 bits per heavy atom. The summed E-state index contributed by atoms with van der Waals surface area (Å²) in [5, 5.41) is 0.728. The number of nitrogens with two attached hydrogens (primary N) is 1. The molecule has 3 N–H and O–H groups in total. The molecule has 10 heteroatoms. The molecule has 2 aromatic carbocycles. The Labute approximate surface area is 218 Å². The summed E-state index contributed by atoms with van der Waals surface area (Å²) in [6.07, 6.45) is 2.29. The third-order valence-corrected chi connectivity index (χ3v) is 7.01. The molecule has 1 aliphatic rings. The van der Waals surface area contributed by atoms with Gasteiger partial charge in [-0.1, -0.05) is 73.1 Å². The molecule has 0 aliphatic heterocycles. The Bertz CT molecular complexity index is 1150. The van der Waals surface area contributed by atoms with Gasteiger partial charge in [0, 0.05) is 5.75 Å². The van der Waals surface area contributed by atoms with Crippen molar-refractivity contribution < 1.29 is 27.5 Å². The zero-order valence-corrected chi connectivity index (χ0v) is 21.3. The van der Waals surface area contributed by atoms with Gasteiger partial charge in [0.2, 0.25) is 0 Å². The molecule has 3 aromatic rings. The number of aromatic amines is 1. The molecule has 0 radical (unpaired) electrons. The minimum Gasteiger partial charge on any atom is -0.461 e. The number of nitrogens with zero attached hydrogens (tertiary/aromatic N) is 1. The van der Waals surface area contributed by atoms with Gasteiger partial charge >= 0.3 is 12.1 Å². The molecule has 1 heterocycles. The van der Waals surface area contributed by atoms with E-state index in [4.69, 9.17) is 4.74 Å². The number of esters is 1. The minimum atomic E-state index is -4.18. The molecule has 198 valence electrons. The Morgan fingerprint density at radius 3 is 2.22 bits per heavy atom. The van der Waals surface area contributed by atoms with E-state index in [1.165, 1.54) is 17.3 Å². The molecule has 37 heavy (non-hydrogen) atoms. The topological polar surface area (TPSA) is 98.1 Å². The molecular formula is C27H30F3N3O3S. The Hall–Kier alpha value is -3.11. The second-order valence-corrected chi connectivity index (χ2v) is 9.56. The summed E-state index contributed by atoms with van der Waals surface area (Å²) >= 11 is 1.60. The number of aromatic nitrogens is 2. The maximum atomic E-state index is 12.4. The van der Waals surface area contributed by atoms with Crippen LogP contribution in [-0.4, -0.2) is 47.3 Å². The highest BCUT2D eigenvalue weighted by Gasteiger charge is 2.42. The Balaban J connectivity index is 0.000000568. The summed E-state index contributed by atoms with van der Waals surface area (Å²) in [7, 11) is 0. The molecule has 0 bridgehead atoms. The largest absolute Gasteiger partial charge is 0.461 e. The summed E-state index contributed by atoms with van der Waals surface area (Å²) in [4.78, 5) is 31.3. The lowest BCUT2D eigenvalue weighted by molar-refractivity contribution is -0.118. The maximum Gasteiger partial charge on any atom is 0.400 e. The summed E-state index contributed by atoms with van der Waals surface area (Å²) in [5.74, 6) is 0.523. The number of hydrogen-bond donors (Lipinski definition) is 2. The first-order chi connectivity index (χ1) is 17.8. The van der Waals surface area contributed by atoms with E-state index in [0.29, 0.717) is 12.3 Å². The first-order valence-electron chi connectivity index (χ1n) is 12.0. The number of ether oxygens (including phenoxy) is 1. The number of alkyl halides is 3. The van der Waals surface area contributed by atoms with Crippen molar-refractivity contribution >= 4 is 24.0 Å². The van der Waals surface area contributed by atoms with Gasteiger partial charge in [0.05, 0.1) is 24.8 Å². The van der Waals surface area contributed by atoms with Crippen LogP contribution in [0.4, 0.5) is 13.2 Å². The normalized spacial score (nSPS) is 13.2. The third kappa shape index (κ3) is 7.01. The number of fused-ring (bicyclic) bond motifs is 3. The lowest BCUT2D eigenvalue weighted by Gasteiger charge is -2.25. The van der Waals surface area contributed by atoms with Crippen LogP contribution in [-0.2, 0) is 14.9 Å². The van der Waals surface area contributed by atoms with Gasteiger partial charge in [-0.25, -0.2) is 9.78 Å². The zero-order chi connectivity index (χ0) is 26.9. The molecule has 0 atom stereocenters. The number of nitrogens with one attached hydrogen (secondary N) is 1. The van der Waals surface area contributed by atoms with E-state index in [2.05, 4.69) is 40.0 Å². The van der Waals surface area contributed by atoms with Crippen molar-refractivity contribution in [3.63, 3.8) is 0 Å². The van der Waals surface area contributed by atoms with E-state index >= 15 is 0 Å². The van der Waals surface area contributed by atoms with Gasteiger partial charge < -0.3 is 20.2 Å². The van der Waals surface area contributed by atoms with Crippen LogP contribution in [0, 0.1) is 0 Å². The predicted octanol–water partition coefficient (Wildman–Crippen LogP) is 5.91. The number of thioether (sulfide) groups is 1. The molecule has 4 rings (SSSR count). The van der Waals surface area contributed by atoms with Gasteiger partial charge in [-0.05, 0) is 42.0 Å². The maximum absolute atomic E-state index is 12.4. The van der Waals surface area contributed by atoms with Crippen LogP contribution in [0.15, 0.2) is 59.9 Å². The van der Waals surface area contributed by atoms with Crippen LogP contribution < -0.4 is 5.73 Å². The highest BCUT2D eigenvalue weighted by atomic mass is 32.2. The first kappa shape index (κ1) is 28.5. The van der Waals surface area contributed by atoms with Crippen LogP contribution in [0.1, 0.15) is 54.2 Å². The van der Waals surface area contributed by atoms with E-state index in [1.807, 2.05) is 24.3 Å². The number of aldehydes is 1. The second kappa shape index (κ2) is 12.9. The summed E-state index contributed by atoms with van der Waals surface area (Å²) in [6, 6.07) is 16.5. The highest BCUT2D eigenvalue weighted by Crippen LogP contribution is 2.50. The molecule has 1 aliphatic carbocycles. The second-order valence-electron chi connectivity index (χ2n) is 8.48. The number of carbonyl (C=O) groups is 2. The van der Waals surface area contributed by atoms with Gasteiger partial charge in [-0.2, -0.15) is 13.2 Å². The lowest BCUT2D eigenvalue weighted by Crippen LogP contribution is -2.27. The molecule has 0 saturated carbocycles. The number of imidazole rings is 1. The monoisotopic (exact) mass is 533 g/mol. The van der Waals surface area contributed by atoms with Crippen molar-refractivity contribution in [2.75, 3.05) is 18.9 Å². The number of halogens is 3. The third-order valence-electron chi connectivity index (χ3n) is 6.04. The molecule has 0 unspecified atom stereocenters. The van der Waals surface area contributed by atoms with Crippen molar-refractivity contribution in [3.05, 3.63) is 71.5 Å². The quantitative estimate of drug-likeness (QED) is 0.145. The summed E-state index contributed by atoms with van der Waals surface area (Å²) in [5.41, 5.74) is 8.63. The van der Waals surface area contributed by atoms with Crippen molar-refractivity contribution in [1.82, 2.24) is 9.97 Å². The van der Waals surface area contributed by atoms with E-state index < -0.39 is 18.1 Å². The van der Waals surface area contributed by atoms with Crippen molar-refractivity contribution in [3.8, 4) is 11.1 Å². The van der Waals surface area contributed by atoms with Crippen molar-refractivity contribution in [2.24, 2.45) is 5.73 Å². The average Bonchev–Trinajstić information content (AvgIpc) is 3.48. The van der Waals surface area contributed by atoms with Gasteiger partial charge in [0.25, 0.3) is 0 Å². The van der Waals surface area contributed by atoms with Gasteiger partial charge in [-0.15, -0.1) is 0 Å². The molecule has 0 saturated heterocycles. The fourth-order valence-corrected chi connectivity index (χ4v) is 5.21. The summed E-state index contributed by atoms with van der Waals surface area (Å²) in [6.45, 7) is 0.895. The molecular weight excluding hydrogens is 503 g/mol. The van der Waals surface area contributed by atoms with Crippen LogP contribution >= 0.6 is 11.8 Å². The number of hydrogen-bond acceptors (Lipinski definition) is 6. The van der Waals surface area contributed by atoms with Crippen LogP contribution in [0.2, 0.25) is 0 Å². The highest BCUT2D eigenvalue weighted by molar-refractivity contribution is 7.99. The Kier molecular flexibility index (Phi) is 9.93. The molecule has 1 aromatic heterocycles. The first-order valence-corrected chi connectivity index (χ1v) is 13.0. The SMILES string of the molecule is CCOC(=O)c1cnc(SCCCCCC2(C=O)c3ccccc3-c3ccccc32)[nH]1.NCC(F)(F)F. The van der Waals surface area contributed by atoms with Crippen molar-refractivity contribution in [1.29, 1.82) is 0 Å². The van der Waals surface area contributed by atoms with Gasteiger partial charge in [0.15, 0.2) is 5.16 Å². The van der Waals surface area contributed by atoms with Gasteiger partial charge in [0.1, 0.15) is 12.0 Å². The van der Waals surface area contributed by atoms with E-state index in [1.54, 1.807) is 18.7 Å². The van der Waals surface area contributed by atoms with E-state index in [9.17, 15) is 22.8 Å². The van der Waals surface area contributed by atoms with Crippen LogP contribution in [0.5, 0.6) is 0 Å². The fraction of sp³-hybridized carbons (Fsp3) is 0.370. The zero-order valence-electron chi connectivity index (χ0n) is 20.5. The predicted molar refractivity (Wildman–Crippen MR) is 138 cm³/mol. The average molecular weight is 534 g/mol. The number of benzene rings is 2. The fourth-order valence-electron chi connectivity index (χ4n) is 4.35. The minimum absolute atomic E-state index is 0.345. The molecule has 0 amide bonds. The molecule has 6 nitrogen and oxygen atoms in total. The van der Waals surface area contributed by atoms with Crippen LogP contribution in [0.25, 0.3) is 11.1 Å². The number of H-pyrrole nitrogens is 1. The van der Waals surface area contributed by atoms with Gasteiger partial charge in [-0.3, -0.25) is 0 Å². The lowest BCUT2D eigenvalue weighted by atomic mass is 9.75. The molecule has 0 fully saturated rings. The number of rotatable bonds is 10. The molecule has 0 spiro atoms. The number of unbranched alkanes of at least 4 members (excludes halogenated alkanes) is 2. The Morgan fingerprint density at radius 1 is 1.08 bits per heavy atom. The van der Waals surface area contributed by atoms with E-state index in [0.717, 1.165) is 54.0 Å². The van der Waals surface area contributed by atoms with Crippen molar-refractivity contribution in [2.45, 2.75) is 49.4 Å². The number of carbonyl (C=O) groups excluding carboxylic acids is 2. The van der Waals surface area contributed by atoms with E-state index in [-0.39, 0.29) is 5.97 Å². The standard InChI is InChI=1S/C25H26N2O3S.C2H4F3N/c1-2-30-23(29)22-16-26-24(27-22)31-15-9-3-8-14-25(17-28)20-12-6-4-10-18(20)19-11-5-7-13-21(19)25;3-2(4,5)1-6/h4-7,10-13,16-17H,2-3,8-9,14-15H2,1H3,(H,26,27);1,6H2. The van der Waals surface area contributed by atoms with Crippen LogP contribution in [0.3, 0.4) is 0 Å².